The molecule has 182 valence electrons. The minimum atomic E-state index is 0.531. The fourth-order valence-electron chi connectivity index (χ4n) is 4.05. The van der Waals surface area contributed by atoms with Gasteiger partial charge < -0.3 is 18.9 Å². The van der Waals surface area contributed by atoms with Gasteiger partial charge in [0.05, 0.1) is 25.4 Å². The third-order valence-electron chi connectivity index (χ3n) is 5.98. The van der Waals surface area contributed by atoms with Crippen LogP contribution in [0.2, 0.25) is 0 Å². The second kappa shape index (κ2) is 14.2. The number of methoxy groups -OCH3 is 1. The zero-order chi connectivity index (χ0) is 24.0. The molecule has 0 spiro atoms. The van der Waals surface area contributed by atoms with Crippen LogP contribution in [-0.4, -0.2) is 26.9 Å². The fraction of sp³-hybridized carbons (Fsp3) is 0.483. The first kappa shape index (κ1) is 25.5. The van der Waals surface area contributed by atoms with Crippen molar-refractivity contribution in [3.63, 3.8) is 0 Å². The summed E-state index contributed by atoms with van der Waals surface area (Å²) in [5.41, 5.74) is 2.20. The summed E-state index contributed by atoms with van der Waals surface area (Å²) in [7, 11) is 1.63. The molecule has 2 aromatic carbocycles. The highest BCUT2D eigenvalue weighted by atomic mass is 16.6. The van der Waals surface area contributed by atoms with Crippen molar-refractivity contribution in [2.24, 2.45) is 0 Å². The first-order valence-corrected chi connectivity index (χ1v) is 12.6. The van der Waals surface area contributed by atoms with Gasteiger partial charge in [0.1, 0.15) is 13.2 Å². The van der Waals surface area contributed by atoms with Crippen molar-refractivity contribution in [2.75, 3.05) is 26.9 Å². The number of hydrogen-bond donors (Lipinski definition) is 0. The van der Waals surface area contributed by atoms with Gasteiger partial charge in [0.2, 0.25) is 0 Å². The van der Waals surface area contributed by atoms with Crippen molar-refractivity contribution in [3.8, 4) is 29.1 Å². The third kappa shape index (κ3) is 7.73. The molecular formula is C29H37NO4. The summed E-state index contributed by atoms with van der Waals surface area (Å²) in [4.78, 5) is 0. The fourth-order valence-corrected chi connectivity index (χ4v) is 4.05. The molecule has 34 heavy (non-hydrogen) atoms. The normalized spacial score (nSPS) is 12.8. The van der Waals surface area contributed by atoms with Crippen molar-refractivity contribution in [2.45, 2.75) is 64.7 Å². The number of nitriles is 1. The second-order valence-electron chi connectivity index (χ2n) is 8.62. The monoisotopic (exact) mass is 463 g/mol. The van der Waals surface area contributed by atoms with E-state index in [2.05, 4.69) is 13.0 Å². The molecule has 5 heteroatoms. The molecule has 2 aromatic rings. The number of fused-ring (bicyclic) bond motifs is 1. The van der Waals surface area contributed by atoms with E-state index in [-0.39, 0.29) is 0 Å². The van der Waals surface area contributed by atoms with Crippen LogP contribution in [0.25, 0.3) is 11.6 Å². The van der Waals surface area contributed by atoms with E-state index in [0.717, 1.165) is 23.3 Å². The van der Waals surface area contributed by atoms with Gasteiger partial charge in [-0.15, -0.1) is 0 Å². The topological polar surface area (TPSA) is 60.7 Å². The van der Waals surface area contributed by atoms with Crippen LogP contribution in [0, 0.1) is 11.3 Å². The highest BCUT2D eigenvalue weighted by Crippen LogP contribution is 2.34. The highest BCUT2D eigenvalue weighted by molar-refractivity contribution is 5.90. The molecular weight excluding hydrogens is 426 g/mol. The quantitative estimate of drug-likeness (QED) is 0.165. The Kier molecular flexibility index (Phi) is 10.6. The van der Waals surface area contributed by atoms with Crippen LogP contribution >= 0.6 is 0 Å². The average molecular weight is 464 g/mol. The minimum Gasteiger partial charge on any atom is -0.493 e. The number of rotatable bonds is 14. The lowest BCUT2D eigenvalue weighted by atomic mass is 10.0. The van der Waals surface area contributed by atoms with Crippen LogP contribution in [0.15, 0.2) is 36.4 Å². The molecule has 0 aliphatic carbocycles. The molecule has 0 amide bonds. The van der Waals surface area contributed by atoms with Gasteiger partial charge in [-0.3, -0.25) is 0 Å². The van der Waals surface area contributed by atoms with E-state index >= 15 is 0 Å². The molecule has 1 aliphatic rings. The molecule has 1 aliphatic heterocycles. The SMILES string of the molecule is CCCCCCCCCCCOc1ccc(C(C#N)=Cc2ccc3c(c2)OCCO3)cc1OC. The van der Waals surface area contributed by atoms with Gasteiger partial charge in [0, 0.05) is 0 Å². The molecule has 0 unspecified atom stereocenters. The molecule has 0 bridgehead atoms. The number of unbranched alkanes of at least 4 members (excludes halogenated alkanes) is 8. The predicted octanol–water partition coefficient (Wildman–Crippen LogP) is 7.44. The molecule has 3 rings (SSSR count). The lowest BCUT2D eigenvalue weighted by molar-refractivity contribution is 0.171. The minimum absolute atomic E-state index is 0.531. The number of nitrogens with zero attached hydrogens (tertiary/aromatic N) is 1. The number of allylic oxidation sites excluding steroid dienone is 1. The van der Waals surface area contributed by atoms with E-state index in [1.54, 1.807) is 7.11 Å². The Balaban J connectivity index is 1.53. The zero-order valence-electron chi connectivity index (χ0n) is 20.6. The van der Waals surface area contributed by atoms with Gasteiger partial charge in [-0.1, -0.05) is 64.4 Å². The first-order chi connectivity index (χ1) is 16.7. The summed E-state index contributed by atoms with van der Waals surface area (Å²) in [6.45, 7) is 4.01. The van der Waals surface area contributed by atoms with E-state index in [1.165, 1.54) is 51.4 Å². The molecule has 0 aromatic heterocycles. The maximum absolute atomic E-state index is 9.77. The summed E-state index contributed by atoms with van der Waals surface area (Å²) < 4.78 is 22.8. The predicted molar refractivity (Wildman–Crippen MR) is 137 cm³/mol. The molecule has 5 nitrogen and oxygen atoms in total. The smallest absolute Gasteiger partial charge is 0.161 e. The lowest BCUT2D eigenvalue weighted by Crippen LogP contribution is -2.15. The molecule has 0 saturated heterocycles. The summed E-state index contributed by atoms with van der Waals surface area (Å²) in [5.74, 6) is 2.78. The maximum Gasteiger partial charge on any atom is 0.161 e. The van der Waals surface area contributed by atoms with Gasteiger partial charge in [-0.25, -0.2) is 0 Å². The van der Waals surface area contributed by atoms with Crippen LogP contribution in [-0.2, 0) is 0 Å². The third-order valence-corrected chi connectivity index (χ3v) is 5.98. The van der Waals surface area contributed by atoms with Crippen LogP contribution in [0.3, 0.4) is 0 Å². The van der Waals surface area contributed by atoms with E-state index in [1.807, 2.05) is 42.5 Å². The molecule has 0 saturated carbocycles. The Morgan fingerprint density at radius 1 is 0.882 bits per heavy atom. The summed E-state index contributed by atoms with van der Waals surface area (Å²) in [5, 5.41) is 9.77. The molecule has 0 atom stereocenters. The van der Waals surface area contributed by atoms with Gasteiger partial charge in [-0.2, -0.15) is 5.26 Å². The molecule has 1 heterocycles. The second-order valence-corrected chi connectivity index (χ2v) is 8.62. The van der Waals surface area contributed by atoms with Crippen molar-refractivity contribution in [3.05, 3.63) is 47.5 Å². The van der Waals surface area contributed by atoms with E-state index in [0.29, 0.717) is 42.6 Å². The van der Waals surface area contributed by atoms with Gasteiger partial charge in [0.25, 0.3) is 0 Å². The van der Waals surface area contributed by atoms with Crippen molar-refractivity contribution >= 4 is 11.6 Å². The van der Waals surface area contributed by atoms with Crippen LogP contribution in [0.1, 0.15) is 75.8 Å². The van der Waals surface area contributed by atoms with Crippen molar-refractivity contribution in [1.29, 1.82) is 5.26 Å². The largest absolute Gasteiger partial charge is 0.493 e. The lowest BCUT2D eigenvalue weighted by Gasteiger charge is -2.18. The zero-order valence-corrected chi connectivity index (χ0v) is 20.6. The number of hydrogen-bond acceptors (Lipinski definition) is 5. The van der Waals surface area contributed by atoms with E-state index in [4.69, 9.17) is 18.9 Å². The van der Waals surface area contributed by atoms with Crippen LogP contribution in [0.4, 0.5) is 0 Å². The van der Waals surface area contributed by atoms with Gasteiger partial charge in [0.15, 0.2) is 23.0 Å². The highest BCUT2D eigenvalue weighted by Gasteiger charge is 2.13. The van der Waals surface area contributed by atoms with Crippen LogP contribution in [0.5, 0.6) is 23.0 Å². The molecule has 0 fully saturated rings. The van der Waals surface area contributed by atoms with Crippen molar-refractivity contribution in [1.82, 2.24) is 0 Å². The Labute approximate surface area is 204 Å². The standard InChI is InChI=1S/C29H37NO4/c1-3-4-5-6-7-8-9-10-11-16-32-26-15-13-24(21-28(26)31-2)25(22-30)19-23-12-14-27-29(20-23)34-18-17-33-27/h12-15,19-21H,3-11,16-18H2,1-2H3. The van der Waals surface area contributed by atoms with E-state index < -0.39 is 0 Å². The maximum atomic E-state index is 9.77. The number of ether oxygens (including phenoxy) is 4. The Hall–Kier alpha value is -3.13. The van der Waals surface area contributed by atoms with Gasteiger partial charge >= 0.3 is 0 Å². The van der Waals surface area contributed by atoms with Crippen molar-refractivity contribution < 1.29 is 18.9 Å². The average Bonchev–Trinajstić information content (AvgIpc) is 2.88. The summed E-state index contributed by atoms with van der Waals surface area (Å²) in [6, 6.07) is 13.6. The van der Waals surface area contributed by atoms with E-state index in [9.17, 15) is 5.26 Å². The van der Waals surface area contributed by atoms with Crippen LogP contribution < -0.4 is 18.9 Å². The van der Waals surface area contributed by atoms with Gasteiger partial charge in [-0.05, 0) is 54.0 Å². The summed E-state index contributed by atoms with van der Waals surface area (Å²) >= 11 is 0. The number of benzene rings is 2. The Bertz CT molecular complexity index is 977. The molecule has 0 radical (unpaired) electrons. The Morgan fingerprint density at radius 3 is 2.29 bits per heavy atom. The summed E-state index contributed by atoms with van der Waals surface area (Å²) in [6.07, 6.45) is 13.4. The first-order valence-electron chi connectivity index (χ1n) is 12.6. The molecule has 0 N–H and O–H groups in total. The Morgan fingerprint density at radius 2 is 1.59 bits per heavy atom.